The molecule has 1 saturated heterocycles. The molecule has 0 aromatic heterocycles. The number of rotatable bonds is 4. The Morgan fingerprint density at radius 2 is 1.86 bits per heavy atom. The minimum Gasteiger partial charge on any atom is -0.326 e. The standard InChI is InChI=1S/C15H23N3O3S/c1-4-17-7-9-18(10-8-17)22(20,21)15-11-14(16-13(3)19)6-5-12(15)2/h5-6,11H,4,7-10H2,1-3H3,(H,16,19). The molecule has 7 heteroatoms. The molecule has 1 aliphatic heterocycles. The molecule has 0 saturated carbocycles. The highest BCUT2D eigenvalue weighted by molar-refractivity contribution is 7.89. The average Bonchev–Trinajstić information content (AvgIpc) is 2.48. The number of aryl methyl sites for hydroxylation is 1. The fraction of sp³-hybridized carbons (Fsp3) is 0.533. The molecule has 0 spiro atoms. The first-order valence-corrected chi connectivity index (χ1v) is 8.89. The lowest BCUT2D eigenvalue weighted by molar-refractivity contribution is -0.114. The van der Waals surface area contributed by atoms with E-state index in [1.807, 2.05) is 0 Å². The van der Waals surface area contributed by atoms with Crippen LogP contribution in [0.25, 0.3) is 0 Å². The second-order valence-corrected chi connectivity index (χ2v) is 7.41. The predicted octanol–water partition coefficient (Wildman–Crippen LogP) is 1.28. The number of likely N-dealkylation sites (N-methyl/N-ethyl adjacent to an activating group) is 1. The van der Waals surface area contributed by atoms with Crippen LogP contribution in [0.3, 0.4) is 0 Å². The summed E-state index contributed by atoms with van der Waals surface area (Å²) in [6, 6.07) is 4.98. The maximum Gasteiger partial charge on any atom is 0.243 e. The summed E-state index contributed by atoms with van der Waals surface area (Å²) in [6.45, 7) is 8.68. The smallest absolute Gasteiger partial charge is 0.243 e. The summed E-state index contributed by atoms with van der Waals surface area (Å²) in [5.41, 5.74) is 1.19. The van der Waals surface area contributed by atoms with Gasteiger partial charge in [0.25, 0.3) is 0 Å². The molecular weight excluding hydrogens is 302 g/mol. The lowest BCUT2D eigenvalue weighted by Gasteiger charge is -2.33. The number of carbonyl (C=O) groups excluding carboxylic acids is 1. The Kier molecular flexibility index (Phi) is 5.20. The molecule has 0 atom stereocenters. The van der Waals surface area contributed by atoms with E-state index in [-0.39, 0.29) is 10.8 Å². The van der Waals surface area contributed by atoms with E-state index in [4.69, 9.17) is 0 Å². The highest BCUT2D eigenvalue weighted by Crippen LogP contribution is 2.24. The zero-order chi connectivity index (χ0) is 16.3. The Labute approximate surface area is 132 Å². The number of nitrogens with zero attached hydrogens (tertiary/aromatic N) is 2. The first-order valence-electron chi connectivity index (χ1n) is 7.45. The van der Waals surface area contributed by atoms with E-state index >= 15 is 0 Å². The van der Waals surface area contributed by atoms with Crippen LogP contribution in [-0.4, -0.2) is 56.3 Å². The number of piperazine rings is 1. The monoisotopic (exact) mass is 325 g/mol. The van der Waals surface area contributed by atoms with Crippen LogP contribution in [-0.2, 0) is 14.8 Å². The summed E-state index contributed by atoms with van der Waals surface area (Å²) in [7, 11) is -3.53. The Morgan fingerprint density at radius 3 is 2.41 bits per heavy atom. The van der Waals surface area contributed by atoms with Gasteiger partial charge in [-0.15, -0.1) is 0 Å². The van der Waals surface area contributed by atoms with E-state index in [1.165, 1.54) is 17.3 Å². The topological polar surface area (TPSA) is 69.7 Å². The quantitative estimate of drug-likeness (QED) is 0.905. The van der Waals surface area contributed by atoms with Crippen molar-refractivity contribution >= 4 is 21.6 Å². The molecule has 2 rings (SSSR count). The second kappa shape index (κ2) is 6.76. The van der Waals surface area contributed by atoms with Crippen molar-refractivity contribution in [1.29, 1.82) is 0 Å². The SMILES string of the molecule is CCN1CCN(S(=O)(=O)c2cc(NC(C)=O)ccc2C)CC1. The van der Waals surface area contributed by atoms with Gasteiger partial charge >= 0.3 is 0 Å². The molecule has 1 heterocycles. The Balaban J connectivity index is 2.27. The van der Waals surface area contributed by atoms with Gasteiger partial charge in [0.05, 0.1) is 4.90 Å². The molecule has 0 bridgehead atoms. The van der Waals surface area contributed by atoms with Gasteiger partial charge in [-0.3, -0.25) is 4.79 Å². The van der Waals surface area contributed by atoms with Crippen LogP contribution in [0.15, 0.2) is 23.1 Å². The molecule has 1 amide bonds. The molecule has 1 aromatic carbocycles. The fourth-order valence-corrected chi connectivity index (χ4v) is 4.26. The second-order valence-electron chi connectivity index (χ2n) is 5.50. The van der Waals surface area contributed by atoms with Crippen molar-refractivity contribution in [3.8, 4) is 0 Å². The Morgan fingerprint density at radius 1 is 1.23 bits per heavy atom. The lowest BCUT2D eigenvalue weighted by atomic mass is 10.2. The van der Waals surface area contributed by atoms with E-state index in [0.29, 0.717) is 24.3 Å². The largest absolute Gasteiger partial charge is 0.326 e. The van der Waals surface area contributed by atoms with Crippen LogP contribution in [0.4, 0.5) is 5.69 Å². The summed E-state index contributed by atoms with van der Waals surface area (Å²) in [4.78, 5) is 13.6. The fourth-order valence-electron chi connectivity index (χ4n) is 2.58. The predicted molar refractivity (Wildman–Crippen MR) is 86.4 cm³/mol. The van der Waals surface area contributed by atoms with Gasteiger partial charge in [-0.1, -0.05) is 13.0 Å². The van der Waals surface area contributed by atoms with Crippen molar-refractivity contribution in [2.45, 2.75) is 25.7 Å². The van der Waals surface area contributed by atoms with Gasteiger partial charge in [0.1, 0.15) is 0 Å². The van der Waals surface area contributed by atoms with Crippen LogP contribution in [0, 0.1) is 6.92 Å². The molecule has 1 N–H and O–H groups in total. The molecule has 1 fully saturated rings. The van der Waals surface area contributed by atoms with Crippen molar-refractivity contribution in [1.82, 2.24) is 9.21 Å². The highest BCUT2D eigenvalue weighted by atomic mass is 32.2. The molecule has 122 valence electrons. The van der Waals surface area contributed by atoms with Gasteiger partial charge in [-0.05, 0) is 31.2 Å². The molecule has 6 nitrogen and oxygen atoms in total. The highest BCUT2D eigenvalue weighted by Gasteiger charge is 2.29. The average molecular weight is 325 g/mol. The third-order valence-electron chi connectivity index (χ3n) is 3.90. The first kappa shape index (κ1) is 16.9. The van der Waals surface area contributed by atoms with E-state index in [1.54, 1.807) is 19.1 Å². The molecule has 0 unspecified atom stereocenters. The number of carbonyl (C=O) groups is 1. The van der Waals surface area contributed by atoms with E-state index in [9.17, 15) is 13.2 Å². The zero-order valence-corrected chi connectivity index (χ0v) is 14.1. The number of anilines is 1. The number of hydrogen-bond acceptors (Lipinski definition) is 4. The van der Waals surface area contributed by atoms with Crippen LogP contribution >= 0.6 is 0 Å². The first-order chi connectivity index (χ1) is 10.3. The summed E-state index contributed by atoms with van der Waals surface area (Å²) in [5.74, 6) is -0.219. The number of nitrogens with one attached hydrogen (secondary N) is 1. The van der Waals surface area contributed by atoms with E-state index in [2.05, 4.69) is 17.1 Å². The van der Waals surface area contributed by atoms with Crippen LogP contribution < -0.4 is 5.32 Å². The van der Waals surface area contributed by atoms with Crippen molar-refractivity contribution in [3.05, 3.63) is 23.8 Å². The van der Waals surface area contributed by atoms with Crippen LogP contribution in [0.5, 0.6) is 0 Å². The molecule has 1 aliphatic rings. The normalized spacial score (nSPS) is 17.4. The maximum absolute atomic E-state index is 12.8. The number of sulfonamides is 1. The van der Waals surface area contributed by atoms with E-state index in [0.717, 1.165) is 19.6 Å². The van der Waals surface area contributed by atoms with Crippen molar-refractivity contribution in [3.63, 3.8) is 0 Å². The van der Waals surface area contributed by atoms with Gasteiger partial charge in [0, 0.05) is 38.8 Å². The van der Waals surface area contributed by atoms with Gasteiger partial charge in [-0.2, -0.15) is 4.31 Å². The number of benzene rings is 1. The summed E-state index contributed by atoms with van der Waals surface area (Å²) in [5, 5.41) is 2.63. The summed E-state index contributed by atoms with van der Waals surface area (Å²) in [6.07, 6.45) is 0. The minimum atomic E-state index is -3.53. The third-order valence-corrected chi connectivity index (χ3v) is 5.95. The summed E-state index contributed by atoms with van der Waals surface area (Å²) >= 11 is 0. The van der Waals surface area contributed by atoms with Gasteiger partial charge in [0.15, 0.2) is 0 Å². The van der Waals surface area contributed by atoms with E-state index < -0.39 is 10.0 Å². The molecular formula is C15H23N3O3S. The number of hydrogen-bond donors (Lipinski definition) is 1. The van der Waals surface area contributed by atoms with Crippen molar-refractivity contribution in [2.75, 3.05) is 38.0 Å². The van der Waals surface area contributed by atoms with Crippen LogP contribution in [0.1, 0.15) is 19.4 Å². The van der Waals surface area contributed by atoms with Crippen LogP contribution in [0.2, 0.25) is 0 Å². The molecule has 0 radical (unpaired) electrons. The third kappa shape index (κ3) is 3.66. The Bertz CT molecular complexity index is 650. The van der Waals surface area contributed by atoms with Gasteiger partial charge in [-0.25, -0.2) is 8.42 Å². The Hall–Kier alpha value is -1.44. The molecule has 1 aromatic rings. The number of amides is 1. The lowest BCUT2D eigenvalue weighted by Crippen LogP contribution is -2.48. The zero-order valence-electron chi connectivity index (χ0n) is 13.3. The minimum absolute atomic E-state index is 0.219. The molecule has 22 heavy (non-hydrogen) atoms. The molecule has 0 aliphatic carbocycles. The van der Waals surface area contributed by atoms with Gasteiger partial charge in [0.2, 0.25) is 15.9 Å². The van der Waals surface area contributed by atoms with Crippen molar-refractivity contribution < 1.29 is 13.2 Å². The van der Waals surface area contributed by atoms with Gasteiger partial charge < -0.3 is 10.2 Å². The maximum atomic E-state index is 12.8. The summed E-state index contributed by atoms with van der Waals surface area (Å²) < 4.78 is 27.2. The van der Waals surface area contributed by atoms with Crippen molar-refractivity contribution in [2.24, 2.45) is 0 Å².